The smallest absolute Gasteiger partial charge is 0.137 e. The van der Waals surface area contributed by atoms with Crippen molar-refractivity contribution in [1.29, 1.82) is 10.5 Å². The van der Waals surface area contributed by atoms with E-state index in [1.807, 2.05) is 12.1 Å². The van der Waals surface area contributed by atoms with Gasteiger partial charge in [0.15, 0.2) is 0 Å². The fraction of sp³-hybridized carbons (Fsp3) is 0.238. The van der Waals surface area contributed by atoms with Crippen LogP contribution in [-0.2, 0) is 18.7 Å². The van der Waals surface area contributed by atoms with Gasteiger partial charge in [-0.05, 0) is 23.8 Å². The van der Waals surface area contributed by atoms with Crippen LogP contribution in [-0.4, -0.2) is 37.9 Å². The Morgan fingerprint density at radius 3 is 2.50 bits per heavy atom. The highest BCUT2D eigenvalue weighted by molar-refractivity contribution is 5.32. The van der Waals surface area contributed by atoms with E-state index in [4.69, 9.17) is 5.26 Å². The maximum atomic E-state index is 14.6. The second kappa shape index (κ2) is 9.23. The van der Waals surface area contributed by atoms with Crippen molar-refractivity contribution in [2.45, 2.75) is 18.7 Å². The molecule has 0 fully saturated rings. The zero-order valence-corrected chi connectivity index (χ0v) is 15.9. The van der Waals surface area contributed by atoms with Crippen molar-refractivity contribution in [1.82, 2.24) is 19.7 Å². The van der Waals surface area contributed by atoms with Crippen LogP contribution in [0.25, 0.3) is 0 Å². The van der Waals surface area contributed by atoms with E-state index in [0.29, 0.717) is 11.6 Å². The van der Waals surface area contributed by atoms with E-state index in [2.05, 4.69) is 10.1 Å². The number of benzene rings is 2. The van der Waals surface area contributed by atoms with E-state index in [9.17, 15) is 19.1 Å². The van der Waals surface area contributed by atoms with Crippen LogP contribution in [0.2, 0.25) is 0 Å². The molecule has 2 aromatic carbocycles. The highest BCUT2D eigenvalue weighted by Gasteiger charge is 2.35. The summed E-state index contributed by atoms with van der Waals surface area (Å²) >= 11 is 0. The molecule has 1 heterocycles. The SMILES string of the molecule is N#CCN(Cc1ccc(C#N)cc1)CC(O)(Cn1cncn1)c1ccc(F)cc1F. The first kappa shape index (κ1) is 21.1. The quantitative estimate of drug-likeness (QED) is 0.574. The lowest BCUT2D eigenvalue weighted by molar-refractivity contribution is -0.0206. The largest absolute Gasteiger partial charge is 0.382 e. The van der Waals surface area contributed by atoms with Gasteiger partial charge in [-0.1, -0.05) is 18.2 Å². The fourth-order valence-electron chi connectivity index (χ4n) is 3.25. The van der Waals surface area contributed by atoms with E-state index < -0.39 is 17.2 Å². The molecule has 1 N–H and O–H groups in total. The molecule has 9 heteroatoms. The van der Waals surface area contributed by atoms with Crippen LogP contribution >= 0.6 is 0 Å². The van der Waals surface area contributed by atoms with Crippen molar-refractivity contribution in [3.63, 3.8) is 0 Å². The molecule has 1 unspecified atom stereocenters. The highest BCUT2D eigenvalue weighted by Crippen LogP contribution is 2.28. The average Bonchev–Trinajstić information content (AvgIpc) is 3.21. The minimum absolute atomic E-state index is 0.0392. The van der Waals surface area contributed by atoms with Crippen LogP contribution in [0.3, 0.4) is 0 Å². The number of nitriles is 2. The molecule has 3 rings (SSSR count). The van der Waals surface area contributed by atoms with Crippen molar-refractivity contribution in [2.75, 3.05) is 13.1 Å². The first-order valence-electron chi connectivity index (χ1n) is 9.02. The number of aliphatic hydroxyl groups is 1. The summed E-state index contributed by atoms with van der Waals surface area (Å²) in [4.78, 5) is 5.47. The van der Waals surface area contributed by atoms with Crippen LogP contribution in [0.15, 0.2) is 55.1 Å². The molecule has 0 bridgehead atoms. The minimum atomic E-state index is -1.81. The second-order valence-electron chi connectivity index (χ2n) is 6.86. The van der Waals surface area contributed by atoms with Crippen molar-refractivity contribution in [2.24, 2.45) is 0 Å². The van der Waals surface area contributed by atoms with Gasteiger partial charge in [-0.2, -0.15) is 15.6 Å². The summed E-state index contributed by atoms with van der Waals surface area (Å²) in [6.07, 6.45) is 2.66. The summed E-state index contributed by atoms with van der Waals surface area (Å²) in [6.45, 7) is -0.0297. The molecule has 0 spiro atoms. The molecular weight excluding hydrogens is 390 g/mol. The second-order valence-corrected chi connectivity index (χ2v) is 6.86. The van der Waals surface area contributed by atoms with Gasteiger partial charge >= 0.3 is 0 Å². The first-order valence-corrected chi connectivity index (χ1v) is 9.02. The van der Waals surface area contributed by atoms with Gasteiger partial charge in [0.2, 0.25) is 0 Å². The summed E-state index contributed by atoms with van der Waals surface area (Å²) in [5.41, 5.74) is -0.606. The van der Waals surface area contributed by atoms with Gasteiger partial charge < -0.3 is 5.11 Å². The summed E-state index contributed by atoms with van der Waals surface area (Å²) in [6, 6.07) is 13.8. The summed E-state index contributed by atoms with van der Waals surface area (Å²) in [5, 5.41) is 33.6. The molecule has 1 aromatic heterocycles. The van der Waals surface area contributed by atoms with Crippen LogP contribution in [0.1, 0.15) is 16.7 Å². The molecular formula is C21H18F2N6O. The van der Waals surface area contributed by atoms with E-state index in [1.54, 1.807) is 29.2 Å². The van der Waals surface area contributed by atoms with Crippen LogP contribution in [0.5, 0.6) is 0 Å². The topological polar surface area (TPSA) is 102 Å². The monoisotopic (exact) mass is 408 g/mol. The molecule has 0 aliphatic heterocycles. The third kappa shape index (κ3) is 5.03. The molecule has 3 aromatic rings. The normalized spacial score (nSPS) is 12.9. The van der Waals surface area contributed by atoms with Crippen molar-refractivity contribution in [3.05, 3.63) is 83.4 Å². The third-order valence-corrected chi connectivity index (χ3v) is 4.59. The molecule has 0 aliphatic carbocycles. The fourth-order valence-corrected chi connectivity index (χ4v) is 3.25. The molecule has 152 valence electrons. The van der Waals surface area contributed by atoms with Gasteiger partial charge in [-0.3, -0.25) is 4.90 Å². The Balaban J connectivity index is 1.92. The summed E-state index contributed by atoms with van der Waals surface area (Å²) < 4.78 is 29.3. The Labute approximate surface area is 172 Å². The van der Waals surface area contributed by atoms with Gasteiger partial charge in [-0.25, -0.2) is 18.4 Å². The highest BCUT2D eigenvalue weighted by atomic mass is 19.1. The zero-order chi connectivity index (χ0) is 21.6. The maximum Gasteiger partial charge on any atom is 0.137 e. The molecule has 0 amide bonds. The van der Waals surface area contributed by atoms with Gasteiger partial charge in [0.05, 0.1) is 30.8 Å². The Morgan fingerprint density at radius 1 is 1.13 bits per heavy atom. The molecule has 1 atom stereocenters. The molecule has 0 aliphatic rings. The van der Waals surface area contributed by atoms with E-state index in [1.165, 1.54) is 23.4 Å². The van der Waals surface area contributed by atoms with Crippen LogP contribution < -0.4 is 0 Å². The predicted octanol–water partition coefficient (Wildman–Crippen LogP) is 2.34. The average molecular weight is 408 g/mol. The van der Waals surface area contributed by atoms with Gasteiger partial charge in [0.25, 0.3) is 0 Å². The van der Waals surface area contributed by atoms with E-state index in [-0.39, 0.29) is 31.7 Å². The summed E-state index contributed by atoms with van der Waals surface area (Å²) in [5.74, 6) is -1.65. The first-order chi connectivity index (χ1) is 14.4. The van der Waals surface area contributed by atoms with Crippen molar-refractivity contribution in [3.8, 4) is 12.1 Å². The lowest BCUT2D eigenvalue weighted by Crippen LogP contribution is -2.44. The van der Waals surface area contributed by atoms with Crippen LogP contribution in [0, 0.1) is 34.3 Å². The lowest BCUT2D eigenvalue weighted by Gasteiger charge is -2.34. The number of hydrogen-bond donors (Lipinski definition) is 1. The number of halogens is 2. The molecule has 0 radical (unpaired) electrons. The number of aromatic nitrogens is 3. The number of hydrogen-bond acceptors (Lipinski definition) is 6. The minimum Gasteiger partial charge on any atom is -0.382 e. The molecule has 30 heavy (non-hydrogen) atoms. The Hall–Kier alpha value is -3.66. The molecule has 0 saturated carbocycles. The third-order valence-electron chi connectivity index (χ3n) is 4.59. The van der Waals surface area contributed by atoms with Crippen molar-refractivity contribution >= 4 is 0 Å². The summed E-state index contributed by atoms with van der Waals surface area (Å²) in [7, 11) is 0. The predicted molar refractivity (Wildman–Crippen MR) is 102 cm³/mol. The van der Waals surface area contributed by atoms with Gasteiger partial charge in [-0.15, -0.1) is 0 Å². The number of rotatable bonds is 8. The van der Waals surface area contributed by atoms with Gasteiger partial charge in [0, 0.05) is 24.7 Å². The Morgan fingerprint density at radius 2 is 1.90 bits per heavy atom. The Kier molecular flexibility index (Phi) is 6.48. The van der Waals surface area contributed by atoms with Crippen LogP contribution in [0.4, 0.5) is 8.78 Å². The lowest BCUT2D eigenvalue weighted by atomic mass is 9.92. The number of nitrogens with zero attached hydrogens (tertiary/aromatic N) is 6. The van der Waals surface area contributed by atoms with Gasteiger partial charge in [0.1, 0.15) is 29.9 Å². The Bertz CT molecular complexity index is 1070. The standard InChI is InChI=1S/C21H18F2N6O/c22-18-5-6-19(20(23)9-18)21(30,13-29-15-26-14-27-29)12-28(8-7-24)11-17-3-1-16(10-25)2-4-17/h1-6,9,14-15,30H,8,11-13H2. The maximum absolute atomic E-state index is 14.6. The molecule has 0 saturated heterocycles. The van der Waals surface area contributed by atoms with E-state index in [0.717, 1.165) is 11.6 Å². The zero-order valence-electron chi connectivity index (χ0n) is 15.9. The van der Waals surface area contributed by atoms with Crippen molar-refractivity contribution < 1.29 is 13.9 Å². The van der Waals surface area contributed by atoms with E-state index >= 15 is 0 Å². The molecule has 7 nitrogen and oxygen atoms in total.